The van der Waals surface area contributed by atoms with E-state index >= 15 is 0 Å². The smallest absolute Gasteiger partial charge is 0.274 e. The number of hydrogen-bond donors (Lipinski definition) is 1. The minimum Gasteiger partial charge on any atom is -0.378 e. The average molecular weight is 325 g/mol. The van der Waals surface area contributed by atoms with Gasteiger partial charge in [0, 0.05) is 38.6 Å². The van der Waals surface area contributed by atoms with Crippen LogP contribution in [-0.4, -0.2) is 48.2 Å². The van der Waals surface area contributed by atoms with E-state index in [-0.39, 0.29) is 5.91 Å². The molecular weight excluding hydrogens is 302 g/mol. The molecule has 2 aromatic rings. The third kappa shape index (κ3) is 3.82. The Morgan fingerprint density at radius 3 is 2.29 bits per heavy atom. The maximum absolute atomic E-state index is 12.4. The van der Waals surface area contributed by atoms with E-state index in [0.717, 1.165) is 37.3 Å². The lowest BCUT2D eigenvalue weighted by atomic mass is 10.1. The molecule has 2 heterocycles. The zero-order valence-electron chi connectivity index (χ0n) is 14.2. The molecule has 1 aromatic carbocycles. The molecule has 6 heteroatoms. The molecule has 0 bridgehead atoms. The molecule has 1 amide bonds. The number of likely N-dealkylation sites (tertiary alicyclic amines) is 1. The number of nitrogens with one attached hydrogen (secondary N) is 1. The Morgan fingerprint density at radius 1 is 1.00 bits per heavy atom. The Hall–Kier alpha value is -2.63. The highest BCUT2D eigenvalue weighted by atomic mass is 16.2. The van der Waals surface area contributed by atoms with Gasteiger partial charge in [-0.3, -0.25) is 4.79 Å². The van der Waals surface area contributed by atoms with Crippen LogP contribution >= 0.6 is 0 Å². The van der Waals surface area contributed by atoms with Gasteiger partial charge in [-0.25, -0.2) is 0 Å². The third-order valence-corrected chi connectivity index (χ3v) is 4.18. The number of hydrogen-bond acceptors (Lipinski definition) is 5. The Labute approximate surface area is 142 Å². The van der Waals surface area contributed by atoms with Crippen molar-refractivity contribution in [3.05, 3.63) is 42.1 Å². The predicted molar refractivity (Wildman–Crippen MR) is 95.8 cm³/mol. The van der Waals surface area contributed by atoms with E-state index in [1.165, 1.54) is 6.42 Å². The molecule has 0 atom stereocenters. The number of carbonyl (C=O) groups excluding carboxylic acids is 1. The van der Waals surface area contributed by atoms with E-state index in [0.29, 0.717) is 11.5 Å². The first-order valence-electron chi connectivity index (χ1n) is 8.31. The van der Waals surface area contributed by atoms with Crippen LogP contribution in [0, 0.1) is 0 Å². The van der Waals surface area contributed by atoms with E-state index in [4.69, 9.17) is 0 Å². The van der Waals surface area contributed by atoms with Crippen LogP contribution in [0.4, 0.5) is 17.2 Å². The molecule has 0 radical (unpaired) electrons. The van der Waals surface area contributed by atoms with E-state index in [9.17, 15) is 4.79 Å². The third-order valence-electron chi connectivity index (χ3n) is 4.18. The minimum atomic E-state index is -0.0240. The molecule has 1 fully saturated rings. The Kier molecular flexibility index (Phi) is 4.93. The molecule has 6 nitrogen and oxygen atoms in total. The van der Waals surface area contributed by atoms with Crippen LogP contribution in [0.25, 0.3) is 0 Å². The fourth-order valence-corrected chi connectivity index (χ4v) is 2.76. The van der Waals surface area contributed by atoms with Gasteiger partial charge in [0.15, 0.2) is 11.5 Å². The Morgan fingerprint density at radius 2 is 1.71 bits per heavy atom. The van der Waals surface area contributed by atoms with Gasteiger partial charge >= 0.3 is 0 Å². The quantitative estimate of drug-likeness (QED) is 0.936. The van der Waals surface area contributed by atoms with Gasteiger partial charge in [-0.05, 0) is 55.7 Å². The molecule has 0 unspecified atom stereocenters. The van der Waals surface area contributed by atoms with E-state index in [2.05, 4.69) is 15.5 Å². The summed E-state index contributed by atoms with van der Waals surface area (Å²) in [7, 11) is 4.01. The summed E-state index contributed by atoms with van der Waals surface area (Å²) >= 11 is 0. The Bertz CT molecular complexity index is 676. The van der Waals surface area contributed by atoms with E-state index in [1.807, 2.05) is 48.2 Å². The summed E-state index contributed by atoms with van der Waals surface area (Å²) in [5.41, 5.74) is 2.48. The second-order valence-electron chi connectivity index (χ2n) is 6.22. The van der Waals surface area contributed by atoms with Crippen molar-refractivity contribution in [2.75, 3.05) is 37.4 Å². The van der Waals surface area contributed by atoms with Crippen molar-refractivity contribution in [1.29, 1.82) is 0 Å². The van der Waals surface area contributed by atoms with Crippen molar-refractivity contribution in [1.82, 2.24) is 15.1 Å². The summed E-state index contributed by atoms with van der Waals surface area (Å²) < 4.78 is 0. The molecule has 126 valence electrons. The molecule has 1 aliphatic rings. The summed E-state index contributed by atoms with van der Waals surface area (Å²) in [6.07, 6.45) is 3.34. The van der Waals surface area contributed by atoms with Gasteiger partial charge in [0.2, 0.25) is 0 Å². The highest BCUT2D eigenvalue weighted by Crippen LogP contribution is 2.19. The molecule has 1 aromatic heterocycles. The fourth-order valence-electron chi connectivity index (χ4n) is 2.76. The molecule has 24 heavy (non-hydrogen) atoms. The van der Waals surface area contributed by atoms with Crippen LogP contribution in [0.1, 0.15) is 29.8 Å². The largest absolute Gasteiger partial charge is 0.378 e. The minimum absolute atomic E-state index is 0.0240. The first-order valence-corrected chi connectivity index (χ1v) is 8.31. The first kappa shape index (κ1) is 16.2. The number of piperidine rings is 1. The van der Waals surface area contributed by atoms with Gasteiger partial charge in [-0.2, -0.15) is 0 Å². The molecule has 0 spiro atoms. The summed E-state index contributed by atoms with van der Waals surface area (Å²) in [4.78, 5) is 16.3. The zero-order chi connectivity index (χ0) is 16.9. The lowest BCUT2D eigenvalue weighted by Crippen LogP contribution is -2.36. The Balaban J connectivity index is 1.64. The maximum Gasteiger partial charge on any atom is 0.274 e. The van der Waals surface area contributed by atoms with Crippen molar-refractivity contribution in [3.8, 4) is 0 Å². The van der Waals surface area contributed by atoms with Crippen molar-refractivity contribution in [2.24, 2.45) is 0 Å². The van der Waals surface area contributed by atoms with Gasteiger partial charge in [0.1, 0.15) is 0 Å². The second kappa shape index (κ2) is 7.29. The van der Waals surface area contributed by atoms with Gasteiger partial charge in [-0.15, -0.1) is 10.2 Å². The molecule has 1 aliphatic heterocycles. The lowest BCUT2D eigenvalue weighted by Gasteiger charge is -2.26. The van der Waals surface area contributed by atoms with Crippen LogP contribution in [0.2, 0.25) is 0 Å². The number of carbonyl (C=O) groups is 1. The molecule has 1 N–H and O–H groups in total. The molecule has 3 rings (SSSR count). The molecular formula is C18H23N5O. The van der Waals surface area contributed by atoms with Crippen LogP contribution in [0.3, 0.4) is 0 Å². The van der Waals surface area contributed by atoms with Gasteiger partial charge in [0.05, 0.1) is 0 Å². The molecule has 1 saturated heterocycles. The molecule has 0 saturated carbocycles. The molecule has 0 aliphatic carbocycles. The topological polar surface area (TPSA) is 61.4 Å². The van der Waals surface area contributed by atoms with Crippen molar-refractivity contribution in [2.45, 2.75) is 19.3 Å². The highest BCUT2D eigenvalue weighted by molar-refractivity contribution is 5.92. The van der Waals surface area contributed by atoms with Crippen molar-refractivity contribution in [3.63, 3.8) is 0 Å². The number of rotatable bonds is 4. The normalized spacial score (nSPS) is 14.3. The number of anilines is 3. The zero-order valence-corrected chi connectivity index (χ0v) is 14.2. The SMILES string of the molecule is CN(C)c1ccc(Nc2ccc(C(=O)N3CCCCC3)nn2)cc1. The van der Waals surface area contributed by atoms with Crippen LogP contribution in [0.15, 0.2) is 36.4 Å². The number of nitrogens with zero attached hydrogens (tertiary/aromatic N) is 4. The summed E-state index contributed by atoms with van der Waals surface area (Å²) in [6, 6.07) is 11.6. The van der Waals surface area contributed by atoms with Crippen molar-refractivity contribution >= 4 is 23.1 Å². The number of aromatic nitrogens is 2. The maximum atomic E-state index is 12.4. The lowest BCUT2D eigenvalue weighted by molar-refractivity contribution is 0.0717. The summed E-state index contributed by atoms with van der Waals surface area (Å²) in [5, 5.41) is 11.4. The second-order valence-corrected chi connectivity index (χ2v) is 6.22. The monoisotopic (exact) mass is 325 g/mol. The van der Waals surface area contributed by atoms with Gasteiger partial charge in [0.25, 0.3) is 5.91 Å². The van der Waals surface area contributed by atoms with E-state index in [1.54, 1.807) is 12.1 Å². The van der Waals surface area contributed by atoms with Crippen molar-refractivity contribution < 1.29 is 4.79 Å². The highest BCUT2D eigenvalue weighted by Gasteiger charge is 2.19. The predicted octanol–water partition coefficient (Wildman–Crippen LogP) is 2.91. The van der Waals surface area contributed by atoms with Gasteiger partial charge < -0.3 is 15.1 Å². The number of benzene rings is 1. The van der Waals surface area contributed by atoms with Crippen LogP contribution in [-0.2, 0) is 0 Å². The summed E-state index contributed by atoms with van der Waals surface area (Å²) in [5.74, 6) is 0.604. The van der Waals surface area contributed by atoms with Gasteiger partial charge in [-0.1, -0.05) is 0 Å². The van der Waals surface area contributed by atoms with Crippen LogP contribution in [0.5, 0.6) is 0 Å². The first-order chi connectivity index (χ1) is 11.6. The number of amides is 1. The fraction of sp³-hybridized carbons (Fsp3) is 0.389. The summed E-state index contributed by atoms with van der Waals surface area (Å²) in [6.45, 7) is 1.64. The standard InChI is InChI=1S/C18H23N5O/c1-22(2)15-8-6-14(7-9-15)19-17-11-10-16(20-21-17)18(24)23-12-4-3-5-13-23/h6-11H,3-5,12-13H2,1-2H3,(H,19,21). The van der Waals surface area contributed by atoms with E-state index < -0.39 is 0 Å². The van der Waals surface area contributed by atoms with Crippen LogP contribution < -0.4 is 10.2 Å². The average Bonchev–Trinajstić information content (AvgIpc) is 2.63.